The van der Waals surface area contributed by atoms with Gasteiger partial charge in [0.05, 0.1) is 11.5 Å². The second kappa shape index (κ2) is 10.5. The maximum absolute atomic E-state index is 12.9. The number of para-hydroxylation sites is 1. The molecule has 0 atom stereocenters. The Bertz CT molecular complexity index is 1200. The van der Waals surface area contributed by atoms with Crippen LogP contribution in [0.15, 0.2) is 65.7 Å². The van der Waals surface area contributed by atoms with Crippen molar-refractivity contribution in [2.75, 3.05) is 26.8 Å². The van der Waals surface area contributed by atoms with Crippen LogP contribution in [0.25, 0.3) is 17.0 Å². The van der Waals surface area contributed by atoms with Crippen molar-refractivity contribution in [2.45, 2.75) is 13.0 Å². The van der Waals surface area contributed by atoms with Gasteiger partial charge in [-0.3, -0.25) is 19.3 Å². The number of fused-ring (bicyclic) bond motifs is 1. The van der Waals surface area contributed by atoms with Crippen LogP contribution in [0.1, 0.15) is 11.1 Å². The zero-order valence-electron chi connectivity index (χ0n) is 18.3. The minimum Gasteiger partial charge on any atom is -0.383 e. The lowest BCUT2D eigenvalue weighted by Crippen LogP contribution is -2.30. The van der Waals surface area contributed by atoms with E-state index >= 15 is 0 Å². The van der Waals surface area contributed by atoms with Crippen LogP contribution in [-0.2, 0) is 27.3 Å². The molecule has 0 radical (unpaired) electrons. The fourth-order valence-electron chi connectivity index (χ4n) is 3.74. The third-order valence-corrected chi connectivity index (χ3v) is 6.30. The highest BCUT2D eigenvalue weighted by Crippen LogP contribution is 2.34. The number of hydrogen-bond acceptors (Lipinski definition) is 5. The van der Waals surface area contributed by atoms with Gasteiger partial charge in [0.2, 0.25) is 5.91 Å². The largest absolute Gasteiger partial charge is 0.383 e. The molecule has 1 aromatic heterocycles. The van der Waals surface area contributed by atoms with E-state index in [0.717, 1.165) is 33.8 Å². The number of carbonyl (C=O) groups is 3. The Hall–Kier alpha value is -3.36. The molecule has 2 heterocycles. The number of amides is 3. The van der Waals surface area contributed by atoms with Crippen LogP contribution >= 0.6 is 11.8 Å². The predicted octanol–water partition coefficient (Wildman–Crippen LogP) is 3.68. The Labute approximate surface area is 196 Å². The second-order valence-electron chi connectivity index (χ2n) is 7.64. The lowest BCUT2D eigenvalue weighted by molar-refractivity contribution is -0.123. The van der Waals surface area contributed by atoms with Crippen molar-refractivity contribution in [3.63, 3.8) is 0 Å². The topological polar surface area (TPSA) is 80.6 Å². The number of benzene rings is 2. The van der Waals surface area contributed by atoms with Crippen LogP contribution in [0, 0.1) is 0 Å². The Morgan fingerprint density at radius 3 is 2.64 bits per heavy atom. The highest BCUT2D eigenvalue weighted by molar-refractivity contribution is 8.18. The molecule has 1 aliphatic rings. The molecule has 0 bridgehead atoms. The molecule has 8 heteroatoms. The summed E-state index contributed by atoms with van der Waals surface area (Å²) in [6, 6.07) is 17.5. The lowest BCUT2D eigenvalue weighted by Gasteiger charge is -2.12. The maximum atomic E-state index is 12.9. The molecule has 3 amide bonds. The van der Waals surface area contributed by atoms with Crippen LogP contribution in [0.4, 0.5) is 4.79 Å². The smallest absolute Gasteiger partial charge is 0.293 e. The van der Waals surface area contributed by atoms with E-state index in [9.17, 15) is 14.4 Å². The van der Waals surface area contributed by atoms with Gasteiger partial charge in [-0.2, -0.15) is 0 Å². The molecule has 0 aliphatic carbocycles. The number of imide groups is 1. The van der Waals surface area contributed by atoms with Gasteiger partial charge >= 0.3 is 0 Å². The number of thioether (sulfide) groups is 1. The van der Waals surface area contributed by atoms with Crippen molar-refractivity contribution in [3.8, 4) is 0 Å². The number of nitrogens with one attached hydrogen (secondary N) is 1. The van der Waals surface area contributed by atoms with Crippen molar-refractivity contribution in [3.05, 3.63) is 76.8 Å². The van der Waals surface area contributed by atoms with E-state index in [4.69, 9.17) is 4.74 Å². The van der Waals surface area contributed by atoms with Crippen LogP contribution in [0.2, 0.25) is 0 Å². The summed E-state index contributed by atoms with van der Waals surface area (Å²) in [6.45, 7) is 1.38. The van der Waals surface area contributed by atoms with Crippen molar-refractivity contribution in [1.29, 1.82) is 0 Å². The van der Waals surface area contributed by atoms with Gasteiger partial charge < -0.3 is 14.6 Å². The zero-order valence-corrected chi connectivity index (χ0v) is 19.1. The summed E-state index contributed by atoms with van der Waals surface area (Å²) >= 11 is 0.953. The first-order valence-corrected chi connectivity index (χ1v) is 11.5. The first kappa shape index (κ1) is 22.8. The van der Waals surface area contributed by atoms with Gasteiger partial charge in [0, 0.05) is 42.9 Å². The number of nitrogens with zero attached hydrogens (tertiary/aromatic N) is 2. The standard InChI is InChI=1S/C25H25N3O4S/c1-32-14-12-26-23(29)17-27-16-19(20-9-5-6-10-21(20)27)15-22-24(30)28(25(31)33-22)13-11-18-7-3-2-4-8-18/h2-10,15-16H,11-14,17H2,1H3,(H,26,29)/b22-15-. The summed E-state index contributed by atoms with van der Waals surface area (Å²) in [5, 5.41) is 3.47. The molecule has 7 nitrogen and oxygen atoms in total. The van der Waals surface area contributed by atoms with Gasteiger partial charge in [-0.25, -0.2) is 0 Å². The number of aromatic nitrogens is 1. The molecule has 1 fully saturated rings. The SMILES string of the molecule is COCCNC(=O)Cn1cc(/C=C2\SC(=O)N(CCc3ccccc3)C2=O)c2ccccc21. The number of rotatable bonds is 9. The molecular formula is C25H25N3O4S. The van der Waals surface area contributed by atoms with E-state index in [1.54, 1.807) is 13.2 Å². The molecule has 1 saturated heterocycles. The summed E-state index contributed by atoms with van der Waals surface area (Å²) in [5.74, 6) is -0.407. The van der Waals surface area contributed by atoms with Crippen molar-refractivity contribution in [2.24, 2.45) is 0 Å². The first-order valence-electron chi connectivity index (χ1n) is 10.7. The number of methoxy groups -OCH3 is 1. The Balaban J connectivity index is 1.53. The molecule has 4 rings (SSSR count). The van der Waals surface area contributed by atoms with Crippen LogP contribution in [0.3, 0.4) is 0 Å². The van der Waals surface area contributed by atoms with Gasteiger partial charge in [-0.1, -0.05) is 48.5 Å². The number of carbonyl (C=O) groups excluding carboxylic acids is 3. The molecule has 0 saturated carbocycles. The quantitative estimate of drug-likeness (QED) is 0.387. The van der Waals surface area contributed by atoms with Gasteiger partial charge in [-0.15, -0.1) is 0 Å². The van der Waals surface area contributed by atoms with Crippen LogP contribution < -0.4 is 5.32 Å². The third kappa shape index (κ3) is 5.35. The van der Waals surface area contributed by atoms with E-state index < -0.39 is 0 Å². The average molecular weight is 464 g/mol. The second-order valence-corrected chi connectivity index (χ2v) is 8.63. The van der Waals surface area contributed by atoms with E-state index in [1.807, 2.05) is 65.4 Å². The first-order chi connectivity index (χ1) is 16.1. The maximum Gasteiger partial charge on any atom is 0.293 e. The highest BCUT2D eigenvalue weighted by atomic mass is 32.2. The summed E-state index contributed by atoms with van der Waals surface area (Å²) in [4.78, 5) is 39.4. The number of ether oxygens (including phenoxy) is 1. The van der Waals surface area contributed by atoms with Crippen molar-refractivity contribution >= 4 is 45.8 Å². The minimum absolute atomic E-state index is 0.124. The summed E-state index contributed by atoms with van der Waals surface area (Å²) in [5.41, 5.74) is 2.75. The third-order valence-electron chi connectivity index (χ3n) is 5.39. The monoisotopic (exact) mass is 463 g/mol. The van der Waals surface area contributed by atoms with E-state index in [-0.39, 0.29) is 23.6 Å². The Morgan fingerprint density at radius 1 is 1.09 bits per heavy atom. The Kier molecular flexibility index (Phi) is 7.26. The molecule has 3 aromatic rings. The molecule has 170 valence electrons. The molecule has 0 unspecified atom stereocenters. The van der Waals surface area contributed by atoms with Crippen LogP contribution in [0.5, 0.6) is 0 Å². The summed E-state index contributed by atoms with van der Waals surface area (Å²) < 4.78 is 6.82. The molecular weight excluding hydrogens is 438 g/mol. The van der Waals surface area contributed by atoms with E-state index in [0.29, 0.717) is 31.0 Å². The highest BCUT2D eigenvalue weighted by Gasteiger charge is 2.34. The summed E-state index contributed by atoms with van der Waals surface area (Å²) in [7, 11) is 1.58. The van der Waals surface area contributed by atoms with Crippen molar-refractivity contribution < 1.29 is 19.1 Å². The Morgan fingerprint density at radius 2 is 1.85 bits per heavy atom. The molecule has 1 aliphatic heterocycles. The molecule has 1 N–H and O–H groups in total. The summed E-state index contributed by atoms with van der Waals surface area (Å²) in [6.07, 6.45) is 4.21. The normalized spacial score (nSPS) is 15.1. The minimum atomic E-state index is -0.282. The molecule has 33 heavy (non-hydrogen) atoms. The zero-order chi connectivity index (χ0) is 23.2. The van der Waals surface area contributed by atoms with E-state index in [2.05, 4.69) is 5.32 Å². The number of hydrogen-bond donors (Lipinski definition) is 1. The average Bonchev–Trinajstić information content (AvgIpc) is 3.29. The van der Waals surface area contributed by atoms with Gasteiger partial charge in [0.25, 0.3) is 11.1 Å². The fourth-order valence-corrected chi connectivity index (χ4v) is 4.60. The van der Waals surface area contributed by atoms with Crippen LogP contribution in [-0.4, -0.2) is 53.3 Å². The van der Waals surface area contributed by atoms with Gasteiger partial charge in [0.15, 0.2) is 0 Å². The van der Waals surface area contributed by atoms with Crippen molar-refractivity contribution in [1.82, 2.24) is 14.8 Å². The molecule has 0 spiro atoms. The molecule has 2 aromatic carbocycles. The lowest BCUT2D eigenvalue weighted by atomic mass is 10.1. The fraction of sp³-hybridized carbons (Fsp3) is 0.240. The van der Waals surface area contributed by atoms with Gasteiger partial charge in [-0.05, 0) is 35.9 Å². The van der Waals surface area contributed by atoms with E-state index in [1.165, 1.54) is 4.90 Å². The van der Waals surface area contributed by atoms with Gasteiger partial charge in [0.1, 0.15) is 6.54 Å². The predicted molar refractivity (Wildman–Crippen MR) is 130 cm³/mol.